The van der Waals surface area contributed by atoms with Gasteiger partial charge in [-0.1, -0.05) is 0 Å². The van der Waals surface area contributed by atoms with Gasteiger partial charge in [-0.05, 0) is 33.0 Å². The van der Waals surface area contributed by atoms with Gasteiger partial charge in [0.2, 0.25) is 0 Å². The average molecular weight is 263 g/mol. The van der Waals surface area contributed by atoms with Gasteiger partial charge in [0, 0.05) is 18.3 Å². The molecular formula is C13H18BNO4. The van der Waals surface area contributed by atoms with E-state index in [2.05, 4.69) is 0 Å². The number of nitrogens with zero attached hydrogens (tertiary/aromatic N) is 1. The third-order valence-corrected chi connectivity index (χ3v) is 3.38. The molecule has 1 aliphatic carbocycles. The van der Waals surface area contributed by atoms with Crippen molar-refractivity contribution in [2.45, 2.75) is 39.4 Å². The van der Waals surface area contributed by atoms with Crippen LogP contribution in [0.2, 0.25) is 6.82 Å². The van der Waals surface area contributed by atoms with E-state index in [1.807, 2.05) is 0 Å². The first-order valence-electron chi connectivity index (χ1n) is 6.68. The van der Waals surface area contributed by atoms with Crippen LogP contribution in [0.15, 0.2) is 6.20 Å². The molecule has 102 valence electrons. The van der Waals surface area contributed by atoms with Crippen molar-refractivity contribution < 1.29 is 19.3 Å². The van der Waals surface area contributed by atoms with Crippen molar-refractivity contribution in [1.29, 1.82) is 0 Å². The van der Waals surface area contributed by atoms with Gasteiger partial charge in [-0.25, -0.2) is 4.79 Å². The Morgan fingerprint density at radius 1 is 1.47 bits per heavy atom. The van der Waals surface area contributed by atoms with Crippen molar-refractivity contribution in [1.82, 2.24) is 4.48 Å². The molecular weight excluding hydrogens is 245 g/mol. The van der Waals surface area contributed by atoms with Crippen molar-refractivity contribution in [2.24, 2.45) is 0 Å². The number of carbonyl (C=O) groups excluding carboxylic acids is 2. The summed E-state index contributed by atoms with van der Waals surface area (Å²) in [7, 11) is -0.761. The summed E-state index contributed by atoms with van der Waals surface area (Å²) in [6.45, 7) is 3.61. The monoisotopic (exact) mass is 263 g/mol. The molecule has 0 amide bonds. The molecule has 0 atom stereocenters. The van der Waals surface area contributed by atoms with Gasteiger partial charge in [0.1, 0.15) is 0 Å². The minimum Gasteiger partial charge on any atom is -0.462 e. The number of aromatic nitrogens is 1. The minimum atomic E-state index is -0.761. The van der Waals surface area contributed by atoms with Crippen molar-refractivity contribution >= 4 is 18.8 Å². The quantitative estimate of drug-likeness (QED) is 0.510. The van der Waals surface area contributed by atoms with Gasteiger partial charge in [0.05, 0.1) is 17.7 Å². The predicted octanol–water partition coefficient (Wildman–Crippen LogP) is 1.53. The molecule has 0 fully saturated rings. The molecule has 0 bridgehead atoms. The van der Waals surface area contributed by atoms with Crippen LogP contribution in [0, 0.1) is 0 Å². The zero-order valence-corrected chi connectivity index (χ0v) is 11.3. The van der Waals surface area contributed by atoms with Crippen LogP contribution in [-0.4, -0.2) is 34.9 Å². The van der Waals surface area contributed by atoms with Gasteiger partial charge >= 0.3 is 13.0 Å². The van der Waals surface area contributed by atoms with Crippen molar-refractivity contribution in [3.63, 3.8) is 0 Å². The molecule has 1 aromatic heterocycles. The van der Waals surface area contributed by atoms with E-state index >= 15 is 0 Å². The summed E-state index contributed by atoms with van der Waals surface area (Å²) in [4.78, 5) is 24.1. The number of Topliss-reactive ketones (excluding diaryl/α,β-unsaturated/α-hetero) is 1. The first-order valence-corrected chi connectivity index (χ1v) is 6.68. The number of fused-ring (bicyclic) bond motifs is 1. The summed E-state index contributed by atoms with van der Waals surface area (Å²) < 4.78 is 6.59. The molecule has 0 unspecified atom stereocenters. The van der Waals surface area contributed by atoms with Crippen LogP contribution in [0.3, 0.4) is 0 Å². The summed E-state index contributed by atoms with van der Waals surface area (Å²) in [5.41, 5.74) is 1.47. The number of hydrogen-bond acceptors (Lipinski definition) is 4. The maximum Gasteiger partial charge on any atom is 0.413 e. The lowest BCUT2D eigenvalue weighted by atomic mass is 9.87. The van der Waals surface area contributed by atoms with Crippen LogP contribution in [0.25, 0.3) is 0 Å². The van der Waals surface area contributed by atoms with Gasteiger partial charge in [-0.2, -0.15) is 0 Å². The number of ether oxygens (including phenoxy) is 1. The molecule has 0 spiro atoms. The molecule has 1 aromatic rings. The van der Waals surface area contributed by atoms with Crippen LogP contribution in [0.1, 0.15) is 52.6 Å². The average Bonchev–Trinajstić information content (AvgIpc) is 2.65. The van der Waals surface area contributed by atoms with Crippen LogP contribution in [0.5, 0.6) is 0 Å². The molecule has 6 heteroatoms. The number of carbonyl (C=O) groups is 2. The zero-order chi connectivity index (χ0) is 14.0. The van der Waals surface area contributed by atoms with E-state index in [0.717, 1.165) is 18.5 Å². The van der Waals surface area contributed by atoms with E-state index in [0.29, 0.717) is 18.4 Å². The van der Waals surface area contributed by atoms with E-state index in [9.17, 15) is 14.6 Å². The van der Waals surface area contributed by atoms with Crippen molar-refractivity contribution in [2.75, 3.05) is 6.61 Å². The molecule has 5 nitrogen and oxygen atoms in total. The molecule has 1 aliphatic rings. The van der Waals surface area contributed by atoms with Gasteiger partial charge in [0.25, 0.3) is 0 Å². The summed E-state index contributed by atoms with van der Waals surface area (Å²) in [6.07, 6.45) is 4.39. The lowest BCUT2D eigenvalue weighted by Gasteiger charge is -2.08. The standard InChI is InChI=1S/C13H18BNO4/c1-3-19-13(17)9-8-15(14(2)18)10-6-4-5-7-11(16)12(9)10/h8,18H,3-7H2,1-2H3. The highest BCUT2D eigenvalue weighted by molar-refractivity contribution is 6.47. The highest BCUT2D eigenvalue weighted by Gasteiger charge is 2.29. The summed E-state index contributed by atoms with van der Waals surface area (Å²) >= 11 is 0. The third kappa shape index (κ3) is 2.58. The topological polar surface area (TPSA) is 68.5 Å². The number of hydrogen-bond donors (Lipinski definition) is 1. The summed E-state index contributed by atoms with van der Waals surface area (Å²) in [5, 5.41) is 9.78. The molecule has 0 radical (unpaired) electrons. The molecule has 1 N–H and O–H groups in total. The van der Waals surface area contributed by atoms with E-state index in [1.54, 1.807) is 18.2 Å². The molecule has 19 heavy (non-hydrogen) atoms. The number of ketones is 1. The second-order valence-corrected chi connectivity index (χ2v) is 4.75. The smallest absolute Gasteiger partial charge is 0.413 e. The lowest BCUT2D eigenvalue weighted by molar-refractivity contribution is 0.0523. The fourth-order valence-corrected chi connectivity index (χ4v) is 2.53. The van der Waals surface area contributed by atoms with Crippen LogP contribution in [-0.2, 0) is 11.2 Å². The Morgan fingerprint density at radius 3 is 2.79 bits per heavy atom. The fourth-order valence-electron chi connectivity index (χ4n) is 2.53. The number of esters is 1. The van der Waals surface area contributed by atoms with Crippen LogP contribution >= 0.6 is 0 Å². The fraction of sp³-hybridized carbons (Fsp3) is 0.538. The predicted molar refractivity (Wildman–Crippen MR) is 71.5 cm³/mol. The molecule has 0 saturated heterocycles. The molecule has 2 rings (SSSR count). The first kappa shape index (κ1) is 13.9. The van der Waals surface area contributed by atoms with Crippen molar-refractivity contribution in [3.8, 4) is 0 Å². The number of rotatable bonds is 3. The Kier molecular flexibility index (Phi) is 4.09. The van der Waals surface area contributed by atoms with E-state index in [-0.39, 0.29) is 18.0 Å². The molecule has 1 heterocycles. The van der Waals surface area contributed by atoms with Gasteiger partial charge in [-0.15, -0.1) is 0 Å². The molecule has 0 saturated carbocycles. The van der Waals surface area contributed by atoms with Crippen LogP contribution in [0.4, 0.5) is 0 Å². The summed E-state index contributed by atoms with van der Waals surface area (Å²) in [6, 6.07) is 0. The minimum absolute atomic E-state index is 0.0325. The largest absolute Gasteiger partial charge is 0.462 e. The second-order valence-electron chi connectivity index (χ2n) is 4.75. The Bertz CT molecular complexity index is 507. The lowest BCUT2D eigenvalue weighted by Crippen LogP contribution is -2.21. The van der Waals surface area contributed by atoms with E-state index in [1.165, 1.54) is 6.20 Å². The van der Waals surface area contributed by atoms with E-state index in [4.69, 9.17) is 4.74 Å². The maximum atomic E-state index is 12.2. The normalized spacial score (nSPS) is 14.8. The van der Waals surface area contributed by atoms with Gasteiger partial charge in [0.15, 0.2) is 5.78 Å². The Labute approximate surface area is 112 Å². The molecule has 0 aromatic carbocycles. The maximum absolute atomic E-state index is 12.2. The highest BCUT2D eigenvalue weighted by Crippen LogP contribution is 2.26. The Balaban J connectivity index is 2.55. The Hall–Kier alpha value is -1.56. The SMILES string of the molecule is CCOC(=O)c1cn(B(C)O)c2c1C(=O)CCCC2. The first-order chi connectivity index (χ1) is 9.06. The highest BCUT2D eigenvalue weighted by atomic mass is 16.5. The van der Waals surface area contributed by atoms with Crippen molar-refractivity contribution in [3.05, 3.63) is 23.0 Å². The molecule has 0 aliphatic heterocycles. The summed E-state index contributed by atoms with van der Waals surface area (Å²) in [5.74, 6) is -0.525. The Morgan fingerprint density at radius 2 is 2.16 bits per heavy atom. The second kappa shape index (κ2) is 5.61. The van der Waals surface area contributed by atoms with Gasteiger partial charge < -0.3 is 14.2 Å². The van der Waals surface area contributed by atoms with Gasteiger partial charge in [-0.3, -0.25) is 4.79 Å². The van der Waals surface area contributed by atoms with Crippen LogP contribution < -0.4 is 0 Å². The zero-order valence-electron chi connectivity index (χ0n) is 11.3. The van der Waals surface area contributed by atoms with E-state index < -0.39 is 13.0 Å². The third-order valence-electron chi connectivity index (χ3n) is 3.38.